The summed E-state index contributed by atoms with van der Waals surface area (Å²) in [4.78, 5) is 31.7. The van der Waals surface area contributed by atoms with Gasteiger partial charge >= 0.3 is 0 Å². The molecule has 1 N–H and O–H groups in total. The normalized spacial score (nSPS) is 16.0. The molecule has 1 aromatic carbocycles. The molecule has 0 aliphatic carbocycles. The van der Waals surface area contributed by atoms with Gasteiger partial charge in [-0.3, -0.25) is 14.7 Å². The van der Waals surface area contributed by atoms with Gasteiger partial charge in [0.05, 0.1) is 39.5 Å². The highest BCUT2D eigenvalue weighted by molar-refractivity contribution is 5.80. The van der Waals surface area contributed by atoms with Crippen molar-refractivity contribution in [1.29, 1.82) is 0 Å². The lowest BCUT2D eigenvalue weighted by molar-refractivity contribution is -0.131. The summed E-state index contributed by atoms with van der Waals surface area (Å²) >= 11 is 0. The van der Waals surface area contributed by atoms with E-state index in [1.165, 1.54) is 10.6 Å². The molecule has 164 valence electrons. The van der Waals surface area contributed by atoms with Gasteiger partial charge in [0, 0.05) is 24.4 Å². The van der Waals surface area contributed by atoms with E-state index in [0.717, 1.165) is 24.1 Å². The van der Waals surface area contributed by atoms with Crippen LogP contribution in [0.1, 0.15) is 35.8 Å². The maximum atomic E-state index is 13.2. The number of carbonyl (C=O) groups excluding carboxylic acids is 1. The van der Waals surface area contributed by atoms with E-state index in [1.54, 1.807) is 40.4 Å². The number of H-pyrrole nitrogens is 1. The zero-order chi connectivity index (χ0) is 22.1. The Morgan fingerprint density at radius 2 is 1.84 bits per heavy atom. The number of hydrogen-bond acceptors (Lipinski definition) is 6. The van der Waals surface area contributed by atoms with E-state index in [2.05, 4.69) is 10.1 Å². The Hall–Kier alpha value is -3.49. The zero-order valence-electron chi connectivity index (χ0n) is 18.1. The Morgan fingerprint density at radius 3 is 2.48 bits per heavy atom. The van der Waals surface area contributed by atoms with Crippen LogP contribution in [0.4, 0.5) is 0 Å². The van der Waals surface area contributed by atoms with Crippen LogP contribution in [0.5, 0.6) is 17.2 Å². The SMILES string of the molecule is COc1cc(CC(=O)N2CCCC2c2cc3nc(C)cc(=O)n3[nH]2)cc(OC)c1OC. The van der Waals surface area contributed by atoms with Crippen LogP contribution in [-0.2, 0) is 11.2 Å². The summed E-state index contributed by atoms with van der Waals surface area (Å²) in [5.74, 6) is 1.51. The minimum Gasteiger partial charge on any atom is -0.493 e. The first-order valence-electron chi connectivity index (χ1n) is 10.1. The number of fused-ring (bicyclic) bond motifs is 1. The summed E-state index contributed by atoms with van der Waals surface area (Å²) in [7, 11) is 4.64. The number of nitrogens with zero attached hydrogens (tertiary/aromatic N) is 3. The van der Waals surface area contributed by atoms with Gasteiger partial charge in [-0.2, -0.15) is 0 Å². The van der Waals surface area contributed by atoms with Crippen molar-refractivity contribution >= 4 is 11.6 Å². The highest BCUT2D eigenvalue weighted by Gasteiger charge is 2.31. The first-order chi connectivity index (χ1) is 14.9. The minimum absolute atomic E-state index is 0.00749. The van der Waals surface area contributed by atoms with Crippen molar-refractivity contribution in [3.05, 3.63) is 51.6 Å². The Balaban J connectivity index is 1.60. The van der Waals surface area contributed by atoms with Gasteiger partial charge in [0.1, 0.15) is 0 Å². The van der Waals surface area contributed by atoms with Crippen molar-refractivity contribution in [2.75, 3.05) is 27.9 Å². The topological polar surface area (TPSA) is 98.2 Å². The summed E-state index contributed by atoms with van der Waals surface area (Å²) in [6, 6.07) is 6.79. The number of amides is 1. The van der Waals surface area contributed by atoms with Gasteiger partial charge in [-0.05, 0) is 37.5 Å². The van der Waals surface area contributed by atoms with E-state index in [9.17, 15) is 9.59 Å². The summed E-state index contributed by atoms with van der Waals surface area (Å²) in [5, 5.41) is 3.12. The molecular formula is C22H26N4O5. The summed E-state index contributed by atoms with van der Waals surface area (Å²) in [6.45, 7) is 2.45. The summed E-state index contributed by atoms with van der Waals surface area (Å²) in [5.41, 5.74) is 2.64. The Kier molecular flexibility index (Phi) is 5.58. The predicted octanol–water partition coefficient (Wildman–Crippen LogP) is 2.26. The predicted molar refractivity (Wildman–Crippen MR) is 114 cm³/mol. The lowest BCUT2D eigenvalue weighted by Crippen LogP contribution is -2.32. The van der Waals surface area contributed by atoms with Gasteiger partial charge < -0.3 is 19.1 Å². The van der Waals surface area contributed by atoms with Crippen LogP contribution in [-0.4, -0.2) is 53.3 Å². The van der Waals surface area contributed by atoms with Crippen LogP contribution in [0.3, 0.4) is 0 Å². The van der Waals surface area contributed by atoms with Crippen LogP contribution in [0.2, 0.25) is 0 Å². The molecule has 9 heteroatoms. The van der Waals surface area contributed by atoms with E-state index in [1.807, 2.05) is 11.0 Å². The number of nitrogens with one attached hydrogen (secondary N) is 1. The largest absolute Gasteiger partial charge is 0.493 e. The van der Waals surface area contributed by atoms with Crippen LogP contribution in [0.15, 0.2) is 29.1 Å². The van der Waals surface area contributed by atoms with E-state index in [4.69, 9.17) is 14.2 Å². The molecule has 1 saturated heterocycles. The number of aromatic nitrogens is 3. The maximum Gasteiger partial charge on any atom is 0.272 e. The molecule has 1 amide bonds. The third-order valence-electron chi connectivity index (χ3n) is 5.61. The van der Waals surface area contributed by atoms with E-state index in [0.29, 0.717) is 35.1 Å². The first kappa shape index (κ1) is 20.8. The van der Waals surface area contributed by atoms with Gasteiger partial charge in [-0.1, -0.05) is 0 Å². The number of likely N-dealkylation sites (tertiary alicyclic amines) is 1. The molecule has 0 spiro atoms. The van der Waals surface area contributed by atoms with E-state index < -0.39 is 0 Å². The number of carbonyl (C=O) groups is 1. The molecule has 2 aromatic heterocycles. The standard InChI is InChI=1S/C22H26N4O5/c1-13-8-21(28)26-19(23-13)12-15(24-26)16-6-5-7-25(16)20(27)11-14-9-17(29-2)22(31-4)18(10-14)30-3/h8-10,12,16,24H,5-7,11H2,1-4H3. The smallest absolute Gasteiger partial charge is 0.272 e. The number of benzene rings is 1. The van der Waals surface area contributed by atoms with Crippen LogP contribution in [0, 0.1) is 6.92 Å². The second-order valence-corrected chi connectivity index (χ2v) is 7.60. The zero-order valence-corrected chi connectivity index (χ0v) is 18.1. The van der Waals surface area contributed by atoms with Gasteiger partial charge in [-0.25, -0.2) is 9.50 Å². The molecule has 9 nitrogen and oxygen atoms in total. The van der Waals surface area contributed by atoms with Crippen molar-refractivity contribution in [2.24, 2.45) is 0 Å². The maximum absolute atomic E-state index is 13.2. The third kappa shape index (κ3) is 3.83. The van der Waals surface area contributed by atoms with Crippen LogP contribution in [0.25, 0.3) is 5.65 Å². The summed E-state index contributed by atoms with van der Waals surface area (Å²) in [6.07, 6.45) is 1.91. The second-order valence-electron chi connectivity index (χ2n) is 7.60. The van der Waals surface area contributed by atoms with Gasteiger partial charge in [0.2, 0.25) is 11.7 Å². The lowest BCUT2D eigenvalue weighted by atomic mass is 10.1. The molecular weight excluding hydrogens is 400 g/mol. The van der Waals surface area contributed by atoms with Crippen molar-refractivity contribution in [3.8, 4) is 17.2 Å². The van der Waals surface area contributed by atoms with Gasteiger partial charge in [-0.15, -0.1) is 0 Å². The Bertz CT molecular complexity index is 1160. The molecule has 4 rings (SSSR count). The molecule has 0 radical (unpaired) electrons. The molecule has 1 fully saturated rings. The van der Waals surface area contributed by atoms with Crippen LogP contribution < -0.4 is 19.8 Å². The van der Waals surface area contributed by atoms with Crippen molar-refractivity contribution in [2.45, 2.75) is 32.2 Å². The molecule has 31 heavy (non-hydrogen) atoms. The number of hydrogen-bond donors (Lipinski definition) is 1. The van der Waals surface area contributed by atoms with Crippen molar-refractivity contribution in [3.63, 3.8) is 0 Å². The average molecular weight is 426 g/mol. The minimum atomic E-state index is -0.165. The fourth-order valence-corrected chi connectivity index (χ4v) is 4.20. The fraction of sp³-hybridized carbons (Fsp3) is 0.409. The number of aromatic amines is 1. The fourth-order valence-electron chi connectivity index (χ4n) is 4.20. The number of methoxy groups -OCH3 is 3. The quantitative estimate of drug-likeness (QED) is 0.649. The Labute approximate surface area is 179 Å². The summed E-state index contributed by atoms with van der Waals surface area (Å²) < 4.78 is 17.6. The van der Waals surface area contributed by atoms with E-state index in [-0.39, 0.29) is 23.9 Å². The molecule has 3 heterocycles. The number of ether oxygens (including phenoxy) is 3. The van der Waals surface area contributed by atoms with Gasteiger partial charge in [0.25, 0.3) is 5.56 Å². The molecule has 3 aromatic rings. The molecule has 1 atom stereocenters. The molecule has 1 aliphatic rings. The highest BCUT2D eigenvalue weighted by atomic mass is 16.5. The molecule has 1 aliphatic heterocycles. The van der Waals surface area contributed by atoms with Crippen molar-refractivity contribution in [1.82, 2.24) is 19.5 Å². The number of rotatable bonds is 6. The molecule has 0 saturated carbocycles. The third-order valence-corrected chi connectivity index (χ3v) is 5.61. The average Bonchev–Trinajstić information content (AvgIpc) is 3.39. The lowest BCUT2D eigenvalue weighted by Gasteiger charge is -2.24. The first-order valence-corrected chi connectivity index (χ1v) is 10.1. The second kappa shape index (κ2) is 8.33. The highest BCUT2D eigenvalue weighted by Crippen LogP contribution is 2.39. The molecule has 0 bridgehead atoms. The Morgan fingerprint density at radius 1 is 1.13 bits per heavy atom. The van der Waals surface area contributed by atoms with Crippen LogP contribution >= 0.6 is 0 Å². The molecule has 1 unspecified atom stereocenters. The van der Waals surface area contributed by atoms with E-state index >= 15 is 0 Å². The monoisotopic (exact) mass is 426 g/mol. The number of aryl methyl sites for hydroxylation is 1. The van der Waals surface area contributed by atoms with Gasteiger partial charge in [0.15, 0.2) is 17.1 Å². The van der Waals surface area contributed by atoms with Crippen molar-refractivity contribution < 1.29 is 19.0 Å².